The normalized spacial score (nSPS) is 10.5. The molecule has 0 bridgehead atoms. The molecular weight excluding hydrogens is 258 g/mol. The molecule has 0 saturated heterocycles. The molecule has 0 spiro atoms. The summed E-state index contributed by atoms with van der Waals surface area (Å²) in [7, 11) is 0. The molecule has 21 heavy (non-hydrogen) atoms. The van der Waals surface area contributed by atoms with Crippen LogP contribution in [0.5, 0.6) is 5.75 Å². The lowest BCUT2D eigenvalue weighted by Crippen LogP contribution is -2.13. The van der Waals surface area contributed by atoms with Crippen LogP contribution in [0.3, 0.4) is 0 Å². The minimum atomic E-state index is 0.662. The second-order valence-corrected chi connectivity index (χ2v) is 5.80. The lowest BCUT2D eigenvalue weighted by Gasteiger charge is -2.14. The van der Waals surface area contributed by atoms with E-state index < -0.39 is 0 Å². The highest BCUT2D eigenvalue weighted by Crippen LogP contribution is 2.21. The van der Waals surface area contributed by atoms with Gasteiger partial charge in [-0.05, 0) is 69.0 Å². The van der Waals surface area contributed by atoms with Crippen molar-refractivity contribution in [2.24, 2.45) is 0 Å². The third-order valence-corrected chi connectivity index (χ3v) is 3.83. The standard InChI is InChI=1S/C19H25NO/c1-13-10-16(4)19(17(5)11-13)20-8-9-21-18-7-6-14(2)15(3)12-18/h6-7,10-12,20H,8-9H2,1-5H3. The van der Waals surface area contributed by atoms with Crippen LogP contribution in [0.15, 0.2) is 30.3 Å². The summed E-state index contributed by atoms with van der Waals surface area (Å²) in [5.41, 5.74) is 7.68. The Labute approximate surface area is 128 Å². The molecule has 1 N–H and O–H groups in total. The van der Waals surface area contributed by atoms with Crippen molar-refractivity contribution in [2.75, 3.05) is 18.5 Å². The molecule has 2 nitrogen and oxygen atoms in total. The number of rotatable bonds is 5. The third kappa shape index (κ3) is 4.01. The monoisotopic (exact) mass is 283 g/mol. The van der Waals surface area contributed by atoms with Gasteiger partial charge < -0.3 is 10.1 Å². The number of anilines is 1. The first-order valence-corrected chi connectivity index (χ1v) is 7.49. The van der Waals surface area contributed by atoms with Crippen LogP contribution >= 0.6 is 0 Å². The zero-order chi connectivity index (χ0) is 15.4. The predicted molar refractivity (Wildman–Crippen MR) is 90.6 cm³/mol. The van der Waals surface area contributed by atoms with Gasteiger partial charge in [-0.15, -0.1) is 0 Å². The van der Waals surface area contributed by atoms with E-state index in [0.717, 1.165) is 12.3 Å². The molecule has 2 aromatic carbocycles. The van der Waals surface area contributed by atoms with Gasteiger partial charge in [0.2, 0.25) is 0 Å². The van der Waals surface area contributed by atoms with E-state index in [9.17, 15) is 0 Å². The van der Waals surface area contributed by atoms with Crippen LogP contribution in [0, 0.1) is 34.6 Å². The van der Waals surface area contributed by atoms with E-state index in [4.69, 9.17) is 4.74 Å². The molecule has 0 saturated carbocycles. The van der Waals surface area contributed by atoms with Gasteiger partial charge in [0.15, 0.2) is 0 Å². The topological polar surface area (TPSA) is 21.3 Å². The molecule has 2 heteroatoms. The minimum absolute atomic E-state index is 0.662. The van der Waals surface area contributed by atoms with Crippen LogP contribution < -0.4 is 10.1 Å². The maximum atomic E-state index is 5.80. The van der Waals surface area contributed by atoms with Crippen LogP contribution in [0.4, 0.5) is 5.69 Å². The summed E-state index contributed by atoms with van der Waals surface area (Å²) >= 11 is 0. The summed E-state index contributed by atoms with van der Waals surface area (Å²) in [5.74, 6) is 0.942. The largest absolute Gasteiger partial charge is 0.492 e. The van der Waals surface area contributed by atoms with Crippen LogP contribution in [-0.4, -0.2) is 13.2 Å². The van der Waals surface area contributed by atoms with Gasteiger partial charge in [0.05, 0.1) is 0 Å². The van der Waals surface area contributed by atoms with Crippen molar-refractivity contribution in [3.05, 3.63) is 58.1 Å². The van der Waals surface area contributed by atoms with Gasteiger partial charge in [-0.25, -0.2) is 0 Å². The Bertz CT molecular complexity index is 608. The minimum Gasteiger partial charge on any atom is -0.492 e. The Balaban J connectivity index is 1.89. The molecule has 0 fully saturated rings. The van der Waals surface area contributed by atoms with Crippen molar-refractivity contribution in [1.29, 1.82) is 0 Å². The smallest absolute Gasteiger partial charge is 0.119 e. The highest BCUT2D eigenvalue weighted by atomic mass is 16.5. The van der Waals surface area contributed by atoms with Gasteiger partial charge in [0.25, 0.3) is 0 Å². The molecule has 0 atom stereocenters. The molecular formula is C19H25NO. The third-order valence-electron chi connectivity index (χ3n) is 3.83. The van der Waals surface area contributed by atoms with Crippen molar-refractivity contribution in [2.45, 2.75) is 34.6 Å². The van der Waals surface area contributed by atoms with Crippen molar-refractivity contribution in [3.8, 4) is 5.75 Å². The Morgan fingerprint density at radius 2 is 1.48 bits per heavy atom. The van der Waals surface area contributed by atoms with Crippen LogP contribution in [0.25, 0.3) is 0 Å². The second-order valence-electron chi connectivity index (χ2n) is 5.80. The summed E-state index contributed by atoms with van der Waals surface area (Å²) in [6.45, 7) is 12.1. The zero-order valence-electron chi connectivity index (χ0n) is 13.7. The number of nitrogens with one attached hydrogen (secondary N) is 1. The maximum Gasteiger partial charge on any atom is 0.119 e. The molecule has 0 aromatic heterocycles. The molecule has 2 aromatic rings. The quantitative estimate of drug-likeness (QED) is 0.802. The number of benzene rings is 2. The Morgan fingerprint density at radius 3 is 2.10 bits per heavy atom. The van der Waals surface area contributed by atoms with E-state index in [1.807, 2.05) is 6.07 Å². The van der Waals surface area contributed by atoms with Gasteiger partial charge in [-0.1, -0.05) is 23.8 Å². The maximum absolute atomic E-state index is 5.80. The van der Waals surface area contributed by atoms with Crippen LogP contribution in [-0.2, 0) is 0 Å². The number of hydrogen-bond donors (Lipinski definition) is 1. The molecule has 0 aliphatic heterocycles. The number of hydrogen-bond acceptors (Lipinski definition) is 2. The molecule has 0 unspecified atom stereocenters. The summed E-state index contributed by atoms with van der Waals surface area (Å²) in [6, 6.07) is 10.6. The van der Waals surface area contributed by atoms with Gasteiger partial charge in [0.1, 0.15) is 12.4 Å². The zero-order valence-corrected chi connectivity index (χ0v) is 13.7. The molecule has 0 aliphatic carbocycles. The van der Waals surface area contributed by atoms with Crippen molar-refractivity contribution >= 4 is 5.69 Å². The first kappa shape index (κ1) is 15.4. The van der Waals surface area contributed by atoms with Crippen molar-refractivity contribution in [1.82, 2.24) is 0 Å². The van der Waals surface area contributed by atoms with Gasteiger partial charge in [-0.2, -0.15) is 0 Å². The highest BCUT2D eigenvalue weighted by Gasteiger charge is 2.03. The Hall–Kier alpha value is -1.96. The molecule has 0 radical (unpaired) electrons. The average Bonchev–Trinajstić information content (AvgIpc) is 2.40. The first-order valence-electron chi connectivity index (χ1n) is 7.49. The summed E-state index contributed by atoms with van der Waals surface area (Å²) in [6.07, 6.45) is 0. The van der Waals surface area contributed by atoms with E-state index in [1.165, 1.54) is 33.5 Å². The van der Waals surface area contributed by atoms with Crippen molar-refractivity contribution in [3.63, 3.8) is 0 Å². The van der Waals surface area contributed by atoms with Gasteiger partial charge in [-0.3, -0.25) is 0 Å². The molecule has 0 amide bonds. The average molecular weight is 283 g/mol. The molecule has 112 valence electrons. The fourth-order valence-electron chi connectivity index (χ4n) is 2.61. The summed E-state index contributed by atoms with van der Waals surface area (Å²) < 4.78 is 5.80. The molecule has 0 aliphatic rings. The van der Waals surface area contributed by atoms with E-state index in [1.54, 1.807) is 0 Å². The van der Waals surface area contributed by atoms with E-state index in [0.29, 0.717) is 6.61 Å². The first-order chi connectivity index (χ1) is 9.97. The molecule has 2 rings (SSSR count). The Kier molecular flexibility index (Phi) is 4.89. The Morgan fingerprint density at radius 1 is 0.810 bits per heavy atom. The van der Waals surface area contributed by atoms with Gasteiger partial charge in [0, 0.05) is 12.2 Å². The van der Waals surface area contributed by atoms with Gasteiger partial charge >= 0.3 is 0 Å². The number of ether oxygens (including phenoxy) is 1. The van der Waals surface area contributed by atoms with E-state index in [-0.39, 0.29) is 0 Å². The lowest BCUT2D eigenvalue weighted by molar-refractivity contribution is 0.332. The van der Waals surface area contributed by atoms with Crippen LogP contribution in [0.2, 0.25) is 0 Å². The highest BCUT2D eigenvalue weighted by molar-refractivity contribution is 5.58. The van der Waals surface area contributed by atoms with E-state index >= 15 is 0 Å². The lowest BCUT2D eigenvalue weighted by atomic mass is 10.1. The summed E-state index contributed by atoms with van der Waals surface area (Å²) in [5, 5.41) is 3.48. The SMILES string of the molecule is Cc1cc(C)c(NCCOc2ccc(C)c(C)c2)c(C)c1. The predicted octanol–water partition coefficient (Wildman–Crippen LogP) is 4.72. The van der Waals surface area contributed by atoms with Crippen LogP contribution in [0.1, 0.15) is 27.8 Å². The molecule has 0 heterocycles. The summed E-state index contributed by atoms with van der Waals surface area (Å²) in [4.78, 5) is 0. The number of aryl methyl sites for hydroxylation is 5. The van der Waals surface area contributed by atoms with E-state index in [2.05, 4.69) is 64.2 Å². The second kappa shape index (κ2) is 6.66. The fourth-order valence-corrected chi connectivity index (χ4v) is 2.61. The van der Waals surface area contributed by atoms with Crippen molar-refractivity contribution < 1.29 is 4.74 Å². The fraction of sp³-hybridized carbons (Fsp3) is 0.368.